The molecule has 0 radical (unpaired) electrons. The fourth-order valence-electron chi connectivity index (χ4n) is 4.63. The van der Waals surface area contributed by atoms with E-state index >= 15 is 0 Å². The summed E-state index contributed by atoms with van der Waals surface area (Å²) in [5.41, 5.74) is 9.52. The maximum atomic E-state index is 8.49. The Hall–Kier alpha value is -2.54. The van der Waals surface area contributed by atoms with E-state index in [1.54, 1.807) is 0 Å². The molecular weight excluding hydrogens is 378 g/mol. The van der Waals surface area contributed by atoms with Crippen molar-refractivity contribution in [2.75, 3.05) is 7.05 Å². The number of rotatable bonds is 0. The number of benzene rings is 3. The highest BCUT2D eigenvalue weighted by atomic mass is 35.7. The minimum atomic E-state index is -4.94. The molecule has 28 heavy (non-hydrogen) atoms. The Kier molecular flexibility index (Phi) is 4.38. The average molecular weight is 396 g/mol. The molecule has 0 fully saturated rings. The summed E-state index contributed by atoms with van der Waals surface area (Å²) in [6.07, 6.45) is 0. The lowest BCUT2D eigenvalue weighted by atomic mass is 9.70. The second-order valence-corrected chi connectivity index (χ2v) is 7.64. The highest BCUT2D eigenvalue weighted by molar-refractivity contribution is 6.07. The van der Waals surface area contributed by atoms with Crippen molar-refractivity contribution in [2.24, 2.45) is 0 Å². The molecule has 0 saturated carbocycles. The van der Waals surface area contributed by atoms with Crippen molar-refractivity contribution in [1.29, 1.82) is 0 Å². The Balaban J connectivity index is 0.000000346. The second-order valence-electron chi connectivity index (χ2n) is 6.88. The van der Waals surface area contributed by atoms with Gasteiger partial charge >= 0.3 is 0 Å². The summed E-state index contributed by atoms with van der Waals surface area (Å²) in [5, 5.41) is 0. The quantitative estimate of drug-likeness (QED) is 0.500. The van der Waals surface area contributed by atoms with E-state index in [1.807, 2.05) is 0 Å². The van der Waals surface area contributed by atoms with Gasteiger partial charge in [-0.2, -0.15) is 0 Å². The molecule has 0 atom stereocenters. The molecule has 5 nitrogen and oxygen atoms in total. The van der Waals surface area contributed by atoms with Gasteiger partial charge in [0.1, 0.15) is 12.5 Å². The SMILES string of the molecule is CC1=[N+](C)c2ccccc2C12c1ccccc1-c1ccccc12.[O-][Cl+3]([O-])([O-])[O-]. The van der Waals surface area contributed by atoms with Crippen molar-refractivity contribution in [1.82, 2.24) is 0 Å². The monoisotopic (exact) mass is 395 g/mol. The lowest BCUT2D eigenvalue weighted by molar-refractivity contribution is -2.00. The van der Waals surface area contributed by atoms with Crippen LogP contribution in [-0.4, -0.2) is 17.3 Å². The van der Waals surface area contributed by atoms with Gasteiger partial charge in [-0.25, -0.2) is 23.2 Å². The second kappa shape index (κ2) is 6.51. The number of halogens is 1. The third kappa shape index (κ3) is 2.68. The fraction of sp³-hybridized carbons (Fsp3) is 0.136. The largest absolute Gasteiger partial charge is 0.222 e. The van der Waals surface area contributed by atoms with Gasteiger partial charge < -0.3 is 0 Å². The van der Waals surface area contributed by atoms with Gasteiger partial charge in [-0.15, -0.1) is 10.2 Å². The number of nitrogens with zero attached hydrogens (tertiary/aromatic N) is 1. The first kappa shape index (κ1) is 18.8. The van der Waals surface area contributed by atoms with Crippen molar-refractivity contribution in [3.8, 4) is 11.1 Å². The molecule has 1 heterocycles. The molecular formula is C22H18ClNO4. The van der Waals surface area contributed by atoms with E-state index in [1.165, 1.54) is 39.2 Å². The van der Waals surface area contributed by atoms with Gasteiger partial charge in [0, 0.05) is 18.6 Å². The highest BCUT2D eigenvalue weighted by Gasteiger charge is 2.56. The van der Waals surface area contributed by atoms with Crippen molar-refractivity contribution in [3.05, 3.63) is 89.5 Å². The first-order valence-electron chi connectivity index (χ1n) is 8.74. The topological polar surface area (TPSA) is 95.2 Å². The zero-order chi connectivity index (χ0) is 20.1. The minimum Gasteiger partial charge on any atom is -0.222 e. The smallest absolute Gasteiger partial charge is 0.209 e. The van der Waals surface area contributed by atoms with Gasteiger partial charge in [-0.3, -0.25) is 0 Å². The molecule has 0 aromatic heterocycles. The molecule has 2 aliphatic rings. The molecule has 0 unspecified atom stereocenters. The molecule has 5 rings (SSSR count). The summed E-state index contributed by atoms with van der Waals surface area (Å²) in [5.74, 6) is 0. The fourth-order valence-corrected chi connectivity index (χ4v) is 4.63. The first-order chi connectivity index (χ1) is 13.3. The summed E-state index contributed by atoms with van der Waals surface area (Å²) in [6, 6.07) is 26.6. The van der Waals surface area contributed by atoms with Gasteiger partial charge in [0.05, 0.1) is 0 Å². The summed E-state index contributed by atoms with van der Waals surface area (Å²) in [6.45, 7) is 2.28. The van der Waals surface area contributed by atoms with E-state index in [9.17, 15) is 0 Å². The lowest BCUT2D eigenvalue weighted by Crippen LogP contribution is -2.68. The third-order valence-electron chi connectivity index (χ3n) is 5.67. The maximum absolute atomic E-state index is 8.49. The third-order valence-corrected chi connectivity index (χ3v) is 5.67. The predicted octanol–water partition coefficient (Wildman–Crippen LogP) is -0.00630. The zero-order valence-corrected chi connectivity index (χ0v) is 16.1. The molecule has 0 N–H and O–H groups in total. The Morgan fingerprint density at radius 1 is 0.679 bits per heavy atom. The first-order valence-corrected chi connectivity index (χ1v) is 9.98. The Morgan fingerprint density at radius 3 is 1.57 bits per heavy atom. The molecule has 3 aromatic carbocycles. The van der Waals surface area contributed by atoms with E-state index in [4.69, 9.17) is 18.6 Å². The van der Waals surface area contributed by atoms with E-state index in [2.05, 4.69) is 91.3 Å². The van der Waals surface area contributed by atoms with Crippen molar-refractivity contribution in [2.45, 2.75) is 12.3 Å². The van der Waals surface area contributed by atoms with Gasteiger partial charge in [-0.1, -0.05) is 66.7 Å². The van der Waals surface area contributed by atoms with E-state index < -0.39 is 10.2 Å². The van der Waals surface area contributed by atoms with Crippen LogP contribution in [0.15, 0.2) is 72.8 Å². The number of fused-ring (bicyclic) bond motifs is 7. The van der Waals surface area contributed by atoms with Gasteiger partial charge in [-0.05, 0) is 22.3 Å². The molecule has 1 spiro atoms. The molecule has 1 aliphatic carbocycles. The summed E-state index contributed by atoms with van der Waals surface area (Å²) in [4.78, 5) is 0. The number of hydrogen-bond donors (Lipinski definition) is 0. The summed E-state index contributed by atoms with van der Waals surface area (Å²) < 4.78 is 36.3. The van der Waals surface area contributed by atoms with Crippen LogP contribution < -0.4 is 18.6 Å². The average Bonchev–Trinajstić information content (AvgIpc) is 3.08. The molecule has 3 aromatic rings. The standard InChI is InChI=1S/C22H18N.ClHO4/c1-15-22(20-13-7-8-14-21(20)23(15)2)18-11-5-3-9-16(18)17-10-4-6-12-19(17)22;2-1(3,4)5/h3-14H,1-2H3;(H,2,3,4,5)/q+1;/p-1. The Bertz CT molecular complexity index is 1050. The van der Waals surface area contributed by atoms with Crippen LogP contribution in [0, 0.1) is 10.2 Å². The summed E-state index contributed by atoms with van der Waals surface area (Å²) in [7, 11) is -2.76. The lowest BCUT2D eigenvalue weighted by Gasteiger charge is -2.25. The molecule has 1 aliphatic heterocycles. The van der Waals surface area contributed by atoms with Crippen LogP contribution in [0.4, 0.5) is 5.69 Å². The van der Waals surface area contributed by atoms with E-state index in [0.717, 1.165) is 0 Å². The minimum absolute atomic E-state index is 0.140. The molecule has 0 saturated heterocycles. The van der Waals surface area contributed by atoms with Crippen LogP contribution in [0.5, 0.6) is 0 Å². The van der Waals surface area contributed by atoms with Crippen LogP contribution in [-0.2, 0) is 5.41 Å². The zero-order valence-electron chi connectivity index (χ0n) is 15.4. The normalized spacial score (nSPS) is 15.6. The van der Waals surface area contributed by atoms with Crippen LogP contribution >= 0.6 is 0 Å². The van der Waals surface area contributed by atoms with Crippen LogP contribution in [0.1, 0.15) is 23.6 Å². The van der Waals surface area contributed by atoms with Crippen LogP contribution in [0.3, 0.4) is 0 Å². The van der Waals surface area contributed by atoms with Crippen LogP contribution in [0.2, 0.25) is 0 Å². The maximum Gasteiger partial charge on any atom is 0.209 e. The number of hydrogen-bond acceptors (Lipinski definition) is 4. The van der Waals surface area contributed by atoms with E-state index in [-0.39, 0.29) is 5.41 Å². The Morgan fingerprint density at radius 2 is 1.07 bits per heavy atom. The highest BCUT2D eigenvalue weighted by Crippen LogP contribution is 2.57. The van der Waals surface area contributed by atoms with Crippen molar-refractivity contribution in [3.63, 3.8) is 0 Å². The molecule has 142 valence electrons. The Labute approximate surface area is 165 Å². The molecule has 0 amide bonds. The van der Waals surface area contributed by atoms with Crippen molar-refractivity contribution >= 4 is 11.4 Å². The van der Waals surface area contributed by atoms with Gasteiger partial charge in [0.2, 0.25) is 5.69 Å². The number of para-hydroxylation sites is 1. The van der Waals surface area contributed by atoms with Crippen molar-refractivity contribution < 1.29 is 33.5 Å². The van der Waals surface area contributed by atoms with E-state index in [0.29, 0.717) is 0 Å². The molecule has 0 bridgehead atoms. The van der Waals surface area contributed by atoms with Gasteiger partial charge in [0.25, 0.3) is 0 Å². The van der Waals surface area contributed by atoms with Crippen LogP contribution in [0.25, 0.3) is 11.1 Å². The molecule has 6 heteroatoms. The summed E-state index contributed by atoms with van der Waals surface area (Å²) >= 11 is 0. The predicted molar refractivity (Wildman–Crippen MR) is 94.7 cm³/mol. The van der Waals surface area contributed by atoms with Gasteiger partial charge in [0.15, 0.2) is 5.71 Å².